The van der Waals surface area contributed by atoms with E-state index < -0.39 is 18.6 Å². The molecule has 0 aromatic carbocycles. The van der Waals surface area contributed by atoms with Gasteiger partial charge in [-0.05, 0) is 18.1 Å². The van der Waals surface area contributed by atoms with Gasteiger partial charge in [0.25, 0.3) is 0 Å². The summed E-state index contributed by atoms with van der Waals surface area (Å²) in [5.74, 6) is -0.0990. The van der Waals surface area contributed by atoms with Crippen LogP contribution in [-0.2, 0) is 14.3 Å². The zero-order valence-corrected chi connectivity index (χ0v) is 11.7. The Morgan fingerprint density at radius 3 is 2.67 bits per heavy atom. The van der Waals surface area contributed by atoms with E-state index in [0.29, 0.717) is 0 Å². The quantitative estimate of drug-likeness (QED) is 0.343. The third kappa shape index (κ3) is 7.34. The predicted octanol–water partition coefficient (Wildman–Crippen LogP) is 0.539. The molecule has 0 saturated heterocycles. The van der Waals surface area contributed by atoms with Crippen molar-refractivity contribution in [3.8, 4) is 0 Å². The highest BCUT2D eigenvalue weighted by molar-refractivity contribution is 7.80. The summed E-state index contributed by atoms with van der Waals surface area (Å²) in [6.45, 7) is 1.43. The Kier molecular flexibility index (Phi) is 9.40. The average molecular weight is 275 g/mol. The Balaban J connectivity index is 4.12. The molecule has 0 aliphatic carbocycles. The minimum atomic E-state index is -0.990. The topological polar surface area (TPSA) is 75.6 Å². The van der Waals surface area contributed by atoms with Crippen LogP contribution in [0.4, 0.5) is 0 Å². The number of nitrogens with one attached hydrogen (secondary N) is 1. The van der Waals surface area contributed by atoms with Gasteiger partial charge in [0.1, 0.15) is 0 Å². The molecule has 0 spiro atoms. The van der Waals surface area contributed by atoms with Crippen LogP contribution >= 0.6 is 12.6 Å². The number of methoxy groups -OCH3 is 1. The van der Waals surface area contributed by atoms with Crippen LogP contribution in [0.25, 0.3) is 0 Å². The molecule has 0 aromatic rings. The summed E-state index contributed by atoms with van der Waals surface area (Å²) < 4.78 is 4.45. The maximum atomic E-state index is 11.6. The zero-order chi connectivity index (χ0) is 14.0. The summed E-state index contributed by atoms with van der Waals surface area (Å²) in [5.41, 5.74) is 0. The van der Waals surface area contributed by atoms with E-state index in [9.17, 15) is 9.59 Å². The monoisotopic (exact) mass is 275 g/mol. The third-order valence-electron chi connectivity index (χ3n) is 2.27. The van der Waals surface area contributed by atoms with Gasteiger partial charge in [0, 0.05) is 6.42 Å². The second kappa shape index (κ2) is 9.96. The van der Waals surface area contributed by atoms with Gasteiger partial charge in [-0.25, -0.2) is 4.79 Å². The van der Waals surface area contributed by atoms with E-state index in [4.69, 9.17) is 5.11 Å². The molecule has 6 heteroatoms. The normalized spacial score (nSPS) is 14.2. The predicted molar refractivity (Wildman–Crippen MR) is 72.4 cm³/mol. The van der Waals surface area contributed by atoms with Gasteiger partial charge in [-0.2, -0.15) is 12.6 Å². The first-order valence-corrected chi connectivity index (χ1v) is 6.44. The molecule has 2 N–H and O–H groups in total. The number of aliphatic hydroxyl groups excluding tert-OH is 1. The van der Waals surface area contributed by atoms with Crippen LogP contribution in [0.1, 0.15) is 19.8 Å². The first kappa shape index (κ1) is 17.0. The van der Waals surface area contributed by atoms with Crippen molar-refractivity contribution in [2.75, 3.05) is 19.5 Å². The molecule has 5 nitrogen and oxygen atoms in total. The van der Waals surface area contributed by atoms with Gasteiger partial charge in [0.2, 0.25) is 5.91 Å². The minimum Gasteiger partial charge on any atom is -0.467 e. The number of esters is 1. The van der Waals surface area contributed by atoms with E-state index in [-0.39, 0.29) is 18.2 Å². The fourth-order valence-corrected chi connectivity index (χ4v) is 1.49. The molecule has 0 aliphatic rings. The summed E-state index contributed by atoms with van der Waals surface area (Å²) >= 11 is 4.07. The molecule has 1 unspecified atom stereocenters. The lowest BCUT2D eigenvalue weighted by Crippen LogP contribution is -2.44. The molecule has 0 heterocycles. The molecule has 0 aliphatic heterocycles. The van der Waals surface area contributed by atoms with Gasteiger partial charge in [-0.1, -0.05) is 19.1 Å². The fraction of sp³-hybridized carbons (Fsp3) is 0.667. The Hall–Kier alpha value is -1.01. The third-order valence-corrected chi connectivity index (χ3v) is 2.53. The van der Waals surface area contributed by atoms with Crippen molar-refractivity contribution in [2.45, 2.75) is 25.8 Å². The molecular formula is C12H21NO4S. The van der Waals surface area contributed by atoms with Gasteiger partial charge in [0.05, 0.1) is 13.7 Å². The Morgan fingerprint density at radius 1 is 1.50 bits per heavy atom. The lowest BCUT2D eigenvalue weighted by Gasteiger charge is -2.14. The maximum absolute atomic E-state index is 11.6. The molecule has 0 aromatic heterocycles. The van der Waals surface area contributed by atoms with Crippen LogP contribution in [0, 0.1) is 5.92 Å². The van der Waals surface area contributed by atoms with E-state index in [2.05, 4.69) is 22.7 Å². The van der Waals surface area contributed by atoms with Crippen LogP contribution in [0.2, 0.25) is 0 Å². The second-order valence-corrected chi connectivity index (χ2v) is 4.39. The van der Waals surface area contributed by atoms with Crippen LogP contribution in [-0.4, -0.2) is 42.5 Å². The van der Waals surface area contributed by atoms with Gasteiger partial charge in [0.15, 0.2) is 6.04 Å². The number of hydrogen-bond donors (Lipinski definition) is 3. The van der Waals surface area contributed by atoms with Gasteiger partial charge < -0.3 is 15.2 Å². The number of rotatable bonds is 8. The van der Waals surface area contributed by atoms with Crippen molar-refractivity contribution in [1.82, 2.24) is 5.32 Å². The summed E-state index contributed by atoms with van der Waals surface area (Å²) in [7, 11) is 1.21. The van der Waals surface area contributed by atoms with E-state index in [1.54, 1.807) is 0 Å². The highest BCUT2D eigenvalue weighted by Gasteiger charge is 2.20. The van der Waals surface area contributed by atoms with Crippen molar-refractivity contribution in [1.29, 1.82) is 0 Å². The number of aliphatic hydroxyl groups is 1. The first-order valence-electron chi connectivity index (χ1n) is 5.80. The molecule has 0 bridgehead atoms. The van der Waals surface area contributed by atoms with Crippen LogP contribution < -0.4 is 5.32 Å². The van der Waals surface area contributed by atoms with Gasteiger partial charge >= 0.3 is 5.97 Å². The molecule has 2 atom stereocenters. The first-order chi connectivity index (χ1) is 8.54. The minimum absolute atomic E-state index is 0.0712. The molecule has 18 heavy (non-hydrogen) atoms. The number of carbonyl (C=O) groups is 2. The molecule has 1 amide bonds. The second-order valence-electron chi connectivity index (χ2n) is 3.95. The molecule has 0 saturated carbocycles. The molecule has 104 valence electrons. The number of hydrogen-bond acceptors (Lipinski definition) is 5. The molecule has 0 fully saturated rings. The van der Waals surface area contributed by atoms with Crippen molar-refractivity contribution in [2.24, 2.45) is 5.92 Å². The van der Waals surface area contributed by atoms with E-state index in [1.807, 2.05) is 19.1 Å². The highest BCUT2D eigenvalue weighted by atomic mass is 32.1. The SMILES string of the molecule is COC(=O)[C@@H](CO)NC(=O)CC(C)/C=C/CCS. The van der Waals surface area contributed by atoms with E-state index in [1.165, 1.54) is 7.11 Å². The van der Waals surface area contributed by atoms with E-state index in [0.717, 1.165) is 12.2 Å². The largest absolute Gasteiger partial charge is 0.467 e. The van der Waals surface area contributed by atoms with Crippen molar-refractivity contribution < 1.29 is 19.4 Å². The number of carbonyl (C=O) groups excluding carboxylic acids is 2. The van der Waals surface area contributed by atoms with Crippen LogP contribution in [0.15, 0.2) is 12.2 Å². The maximum Gasteiger partial charge on any atom is 0.330 e. The van der Waals surface area contributed by atoms with E-state index >= 15 is 0 Å². The van der Waals surface area contributed by atoms with Crippen molar-refractivity contribution in [3.63, 3.8) is 0 Å². The highest BCUT2D eigenvalue weighted by Crippen LogP contribution is 2.05. The fourth-order valence-electron chi connectivity index (χ4n) is 1.34. The van der Waals surface area contributed by atoms with Gasteiger partial charge in [-0.15, -0.1) is 0 Å². The van der Waals surface area contributed by atoms with Crippen molar-refractivity contribution >= 4 is 24.5 Å². The Labute approximate surface area is 113 Å². The lowest BCUT2D eigenvalue weighted by atomic mass is 10.1. The van der Waals surface area contributed by atoms with Crippen molar-refractivity contribution in [3.05, 3.63) is 12.2 Å². The number of ether oxygens (including phenoxy) is 1. The summed E-state index contributed by atoms with van der Waals surface area (Å²) in [4.78, 5) is 22.8. The number of amides is 1. The number of thiol groups is 1. The standard InChI is InChI=1S/C12H21NO4S/c1-9(5-3-4-6-18)7-11(15)13-10(8-14)12(16)17-2/h3,5,9-10,14,18H,4,6-8H2,1-2H3,(H,13,15)/b5-3+/t9?,10-/m1/s1. The van der Waals surface area contributed by atoms with Crippen LogP contribution in [0.3, 0.4) is 0 Å². The van der Waals surface area contributed by atoms with Crippen LogP contribution in [0.5, 0.6) is 0 Å². The molecular weight excluding hydrogens is 254 g/mol. The molecule has 0 radical (unpaired) electrons. The summed E-state index contributed by atoms with van der Waals surface area (Å²) in [6, 6.07) is -0.990. The smallest absolute Gasteiger partial charge is 0.330 e. The average Bonchev–Trinajstić information content (AvgIpc) is 2.35. The molecule has 0 rings (SSSR count). The summed E-state index contributed by atoms with van der Waals surface area (Å²) in [5, 5.41) is 11.4. The Bertz CT molecular complexity index is 294. The summed E-state index contributed by atoms with van der Waals surface area (Å²) in [6.07, 6.45) is 5.02. The Morgan fingerprint density at radius 2 is 2.17 bits per heavy atom. The van der Waals surface area contributed by atoms with Gasteiger partial charge in [-0.3, -0.25) is 4.79 Å². The zero-order valence-electron chi connectivity index (χ0n) is 10.8. The number of allylic oxidation sites excluding steroid dienone is 2. The lowest BCUT2D eigenvalue weighted by molar-refractivity contribution is -0.146.